The van der Waals surface area contributed by atoms with Gasteiger partial charge in [-0.25, -0.2) is 0 Å². The fourth-order valence-corrected chi connectivity index (χ4v) is 7.86. The van der Waals surface area contributed by atoms with E-state index in [9.17, 15) is 19.5 Å². The lowest BCUT2D eigenvalue weighted by Crippen LogP contribution is -2.53. The van der Waals surface area contributed by atoms with Crippen molar-refractivity contribution < 1.29 is 24.2 Å². The molecule has 0 saturated carbocycles. The van der Waals surface area contributed by atoms with Gasteiger partial charge in [0.1, 0.15) is 6.04 Å². The van der Waals surface area contributed by atoms with Gasteiger partial charge >= 0.3 is 5.97 Å². The lowest BCUT2D eigenvalue weighted by Gasteiger charge is -2.35. The van der Waals surface area contributed by atoms with E-state index >= 15 is 0 Å². The third-order valence-corrected chi connectivity index (χ3v) is 9.12. The van der Waals surface area contributed by atoms with Crippen molar-refractivity contribution in [3.05, 3.63) is 53.6 Å². The van der Waals surface area contributed by atoms with Crippen LogP contribution in [0.3, 0.4) is 0 Å². The molecule has 2 amide bonds. The number of aliphatic hydroxyl groups is 1. The number of aliphatic hydroxyl groups excluding tert-OH is 1. The third kappa shape index (κ3) is 3.67. The van der Waals surface area contributed by atoms with Crippen LogP contribution in [-0.2, 0) is 19.1 Å². The maximum Gasteiger partial charge on any atom is 0.311 e. The molecule has 1 aromatic carbocycles. The second kappa shape index (κ2) is 9.40. The van der Waals surface area contributed by atoms with Gasteiger partial charge in [-0.2, -0.15) is 0 Å². The van der Waals surface area contributed by atoms with Crippen molar-refractivity contribution in [3.63, 3.8) is 0 Å². The van der Waals surface area contributed by atoms with Crippen molar-refractivity contribution in [2.45, 2.75) is 35.3 Å². The van der Waals surface area contributed by atoms with Gasteiger partial charge in [0, 0.05) is 24.9 Å². The van der Waals surface area contributed by atoms with Crippen LogP contribution >= 0.6 is 23.4 Å². The molecule has 1 spiro atoms. The quantitative estimate of drug-likeness (QED) is 0.503. The Hall–Kier alpha value is -2.29. The molecule has 1 N–H and O–H groups in total. The molecule has 1 unspecified atom stereocenters. The van der Waals surface area contributed by atoms with Gasteiger partial charge in [-0.05, 0) is 31.4 Å². The maximum absolute atomic E-state index is 14.1. The molecule has 9 heteroatoms. The summed E-state index contributed by atoms with van der Waals surface area (Å²) in [5, 5.41) is 9.67. The summed E-state index contributed by atoms with van der Waals surface area (Å²) in [6.07, 6.45) is 9.80. The standard InChI is InChI=1S/C25H27ClN2O5S/c26-16-8-3-4-9-17(16)27-12-6-11-25-20(22(30)28(13-7-14-29)21(25)23(27)31)19-18(34-25)10-2-1-5-15-33-24(19)32/h2-4,6,8-11,18-21,29H,1,5,7,12-15H2/b10-2-/t18-,19+,20-,21?,25-/m0/s1. The van der Waals surface area contributed by atoms with Crippen molar-refractivity contribution in [1.29, 1.82) is 0 Å². The summed E-state index contributed by atoms with van der Waals surface area (Å²) >= 11 is 7.95. The molecule has 0 bridgehead atoms. The van der Waals surface area contributed by atoms with Crippen LogP contribution in [0.5, 0.6) is 0 Å². The Kier molecular flexibility index (Phi) is 6.48. The number of allylic oxidation sites excluding steroid dienone is 1. The highest BCUT2D eigenvalue weighted by Gasteiger charge is 2.70. The van der Waals surface area contributed by atoms with Crippen LogP contribution in [0.2, 0.25) is 5.02 Å². The van der Waals surface area contributed by atoms with E-state index in [0.717, 1.165) is 12.8 Å². The van der Waals surface area contributed by atoms with Gasteiger partial charge in [-0.15, -0.1) is 11.8 Å². The van der Waals surface area contributed by atoms with E-state index in [0.29, 0.717) is 30.3 Å². The van der Waals surface area contributed by atoms with Crippen LogP contribution in [0.25, 0.3) is 0 Å². The Bertz CT molecular complexity index is 1060. The number of amides is 2. The molecule has 4 aliphatic rings. The molecule has 34 heavy (non-hydrogen) atoms. The number of anilines is 1. The lowest BCUT2D eigenvalue weighted by atomic mass is 9.78. The second-order valence-electron chi connectivity index (χ2n) is 8.99. The highest BCUT2D eigenvalue weighted by Crippen LogP contribution is 2.60. The molecule has 2 fully saturated rings. The van der Waals surface area contributed by atoms with E-state index in [4.69, 9.17) is 16.3 Å². The number of nitrogens with zero attached hydrogens (tertiary/aromatic N) is 2. The fraction of sp³-hybridized carbons (Fsp3) is 0.480. The fourth-order valence-electron chi connectivity index (χ4n) is 5.62. The van der Waals surface area contributed by atoms with Crippen molar-refractivity contribution >= 4 is 46.8 Å². The summed E-state index contributed by atoms with van der Waals surface area (Å²) < 4.78 is 4.65. The molecule has 7 nitrogen and oxygen atoms in total. The monoisotopic (exact) mass is 502 g/mol. The minimum Gasteiger partial charge on any atom is -0.465 e. The number of carbonyl (C=O) groups excluding carboxylic acids is 3. The number of benzene rings is 1. The summed E-state index contributed by atoms with van der Waals surface area (Å²) in [4.78, 5) is 44.4. The van der Waals surface area contributed by atoms with Gasteiger partial charge in [0.2, 0.25) is 5.91 Å². The highest BCUT2D eigenvalue weighted by atomic mass is 35.5. The normalized spacial score (nSPS) is 33.9. The second-order valence-corrected chi connectivity index (χ2v) is 10.9. The zero-order valence-corrected chi connectivity index (χ0v) is 20.2. The number of rotatable bonds is 4. The molecule has 4 aliphatic heterocycles. The number of carbonyl (C=O) groups is 3. The van der Waals surface area contributed by atoms with Crippen molar-refractivity contribution in [2.24, 2.45) is 11.8 Å². The first kappa shape index (κ1) is 23.5. The van der Waals surface area contributed by atoms with Gasteiger partial charge in [0.25, 0.3) is 5.91 Å². The summed E-state index contributed by atoms with van der Waals surface area (Å²) in [5.74, 6) is -2.23. The first-order chi connectivity index (χ1) is 16.5. The Morgan fingerprint density at radius 2 is 2.00 bits per heavy atom. The highest BCUT2D eigenvalue weighted by molar-refractivity contribution is 8.02. The molecule has 0 aromatic heterocycles. The minimum absolute atomic E-state index is 0.101. The van der Waals surface area contributed by atoms with E-state index in [1.165, 1.54) is 11.8 Å². The van der Waals surface area contributed by atoms with Crippen LogP contribution in [0.1, 0.15) is 19.3 Å². The van der Waals surface area contributed by atoms with Crippen molar-refractivity contribution in [3.8, 4) is 0 Å². The molecular weight excluding hydrogens is 476 g/mol. The number of thioether (sulfide) groups is 1. The molecular formula is C25H27ClN2O5S. The number of cyclic esters (lactones) is 1. The van der Waals surface area contributed by atoms with Crippen LogP contribution in [0.4, 0.5) is 5.69 Å². The summed E-state index contributed by atoms with van der Waals surface area (Å²) in [6.45, 7) is 0.761. The van der Waals surface area contributed by atoms with Crippen LogP contribution < -0.4 is 4.90 Å². The van der Waals surface area contributed by atoms with E-state index in [2.05, 4.69) is 0 Å². The molecule has 5 rings (SSSR count). The number of hydrogen-bond acceptors (Lipinski definition) is 6. The van der Waals surface area contributed by atoms with Crippen molar-refractivity contribution in [2.75, 3.05) is 31.2 Å². The van der Waals surface area contributed by atoms with Gasteiger partial charge in [-0.3, -0.25) is 14.4 Å². The SMILES string of the molecule is O=C1OCCC/C=C\[C@@H]2S[C@]34C=CCN(c5ccccc5Cl)C(=O)C3N(CCCO)C(=O)[C@@H]4[C@H]12. The number of fused-ring (bicyclic) bond motifs is 2. The largest absolute Gasteiger partial charge is 0.465 e. The molecule has 0 radical (unpaired) electrons. The van der Waals surface area contributed by atoms with Gasteiger partial charge in [0.05, 0.1) is 33.9 Å². The molecule has 180 valence electrons. The summed E-state index contributed by atoms with van der Waals surface area (Å²) in [6, 6.07) is 6.33. The van der Waals surface area contributed by atoms with Crippen LogP contribution in [0, 0.1) is 11.8 Å². The van der Waals surface area contributed by atoms with Gasteiger partial charge < -0.3 is 19.6 Å². The van der Waals surface area contributed by atoms with Gasteiger partial charge in [-0.1, -0.05) is 48.0 Å². The molecule has 2 saturated heterocycles. The first-order valence-electron chi connectivity index (χ1n) is 11.7. The Morgan fingerprint density at radius 3 is 2.79 bits per heavy atom. The predicted octanol–water partition coefficient (Wildman–Crippen LogP) is 2.82. The minimum atomic E-state index is -0.905. The lowest BCUT2D eigenvalue weighted by molar-refractivity contribution is -0.153. The smallest absolute Gasteiger partial charge is 0.311 e. The summed E-state index contributed by atoms with van der Waals surface area (Å²) in [5.41, 5.74) is 0.582. The maximum atomic E-state index is 14.1. The number of esters is 1. The van der Waals surface area contributed by atoms with E-state index in [-0.39, 0.29) is 36.2 Å². The molecule has 0 aliphatic carbocycles. The Morgan fingerprint density at radius 1 is 1.18 bits per heavy atom. The van der Waals surface area contributed by atoms with Crippen molar-refractivity contribution in [1.82, 2.24) is 4.90 Å². The molecule has 1 aromatic rings. The Labute approximate surface area is 207 Å². The van der Waals surface area contributed by atoms with E-state index in [1.807, 2.05) is 30.4 Å². The van der Waals surface area contributed by atoms with Gasteiger partial charge in [0.15, 0.2) is 0 Å². The number of likely N-dealkylation sites (tertiary alicyclic amines) is 1. The topological polar surface area (TPSA) is 87.2 Å². The number of halogens is 1. The van der Waals surface area contributed by atoms with Crippen LogP contribution in [-0.4, -0.2) is 70.1 Å². The van der Waals surface area contributed by atoms with E-state index < -0.39 is 22.6 Å². The van der Waals surface area contributed by atoms with Crippen LogP contribution in [0.15, 0.2) is 48.6 Å². The molecule has 5 atom stereocenters. The molecule has 4 heterocycles. The number of para-hydroxylation sites is 1. The average Bonchev–Trinajstić information content (AvgIpc) is 3.23. The van der Waals surface area contributed by atoms with E-state index in [1.54, 1.807) is 28.0 Å². The Balaban J connectivity index is 1.61. The number of ether oxygens (including phenoxy) is 1. The predicted molar refractivity (Wildman–Crippen MR) is 131 cm³/mol. The summed E-state index contributed by atoms with van der Waals surface area (Å²) in [7, 11) is 0. The zero-order valence-electron chi connectivity index (χ0n) is 18.6. The average molecular weight is 503 g/mol. The zero-order chi connectivity index (χ0) is 23.9. The number of hydrogen-bond donors (Lipinski definition) is 1. The third-order valence-electron chi connectivity index (χ3n) is 7.05. The first-order valence-corrected chi connectivity index (χ1v) is 12.9.